The van der Waals surface area contributed by atoms with Crippen molar-refractivity contribution in [2.75, 3.05) is 24.5 Å². The van der Waals surface area contributed by atoms with Gasteiger partial charge in [-0.2, -0.15) is 0 Å². The SMILES string of the molecule is CC(C)CNCc1cc(Br)cnc1N1CCC(C)C1. The van der Waals surface area contributed by atoms with E-state index in [1.807, 2.05) is 6.20 Å². The van der Waals surface area contributed by atoms with Crippen LogP contribution in [0.4, 0.5) is 5.82 Å². The number of nitrogens with one attached hydrogen (secondary N) is 1. The van der Waals surface area contributed by atoms with E-state index in [0.29, 0.717) is 5.92 Å². The summed E-state index contributed by atoms with van der Waals surface area (Å²) in [6, 6.07) is 2.19. The molecule has 1 atom stereocenters. The maximum absolute atomic E-state index is 4.63. The Morgan fingerprint density at radius 2 is 2.32 bits per heavy atom. The van der Waals surface area contributed by atoms with Crippen LogP contribution in [-0.4, -0.2) is 24.6 Å². The Bertz CT molecular complexity index is 420. The summed E-state index contributed by atoms with van der Waals surface area (Å²) in [4.78, 5) is 7.05. The molecular formula is C15H24BrN3. The van der Waals surface area contributed by atoms with Gasteiger partial charge in [0.1, 0.15) is 5.82 Å². The van der Waals surface area contributed by atoms with Gasteiger partial charge in [0, 0.05) is 35.9 Å². The average Bonchev–Trinajstić information content (AvgIpc) is 2.75. The van der Waals surface area contributed by atoms with Gasteiger partial charge in [-0.05, 0) is 46.8 Å². The quantitative estimate of drug-likeness (QED) is 0.898. The summed E-state index contributed by atoms with van der Waals surface area (Å²) in [5.41, 5.74) is 1.30. The topological polar surface area (TPSA) is 28.2 Å². The molecule has 1 aromatic rings. The fraction of sp³-hybridized carbons (Fsp3) is 0.667. The highest BCUT2D eigenvalue weighted by Gasteiger charge is 2.22. The first kappa shape index (κ1) is 14.8. The van der Waals surface area contributed by atoms with Gasteiger partial charge in [0.2, 0.25) is 0 Å². The molecule has 0 saturated carbocycles. The van der Waals surface area contributed by atoms with Crippen molar-refractivity contribution in [2.45, 2.75) is 33.7 Å². The zero-order chi connectivity index (χ0) is 13.8. The summed E-state index contributed by atoms with van der Waals surface area (Å²) in [7, 11) is 0. The molecule has 1 aliphatic rings. The highest BCUT2D eigenvalue weighted by atomic mass is 79.9. The van der Waals surface area contributed by atoms with Gasteiger partial charge in [-0.1, -0.05) is 20.8 Å². The van der Waals surface area contributed by atoms with Crippen molar-refractivity contribution in [3.63, 3.8) is 0 Å². The van der Waals surface area contributed by atoms with Crippen LogP contribution in [0.25, 0.3) is 0 Å². The second-order valence-electron chi connectivity index (χ2n) is 6.00. The number of halogens is 1. The second kappa shape index (κ2) is 6.71. The largest absolute Gasteiger partial charge is 0.356 e. The lowest BCUT2D eigenvalue weighted by molar-refractivity contribution is 0.551. The Labute approximate surface area is 124 Å². The molecule has 0 radical (unpaired) electrons. The molecule has 1 N–H and O–H groups in total. The van der Waals surface area contributed by atoms with Gasteiger partial charge >= 0.3 is 0 Å². The van der Waals surface area contributed by atoms with Crippen molar-refractivity contribution in [3.05, 3.63) is 22.3 Å². The highest BCUT2D eigenvalue weighted by molar-refractivity contribution is 9.10. The number of aromatic nitrogens is 1. The van der Waals surface area contributed by atoms with E-state index in [4.69, 9.17) is 0 Å². The van der Waals surface area contributed by atoms with E-state index in [-0.39, 0.29) is 0 Å². The number of hydrogen-bond donors (Lipinski definition) is 1. The van der Waals surface area contributed by atoms with Crippen LogP contribution in [0.2, 0.25) is 0 Å². The van der Waals surface area contributed by atoms with Crippen molar-refractivity contribution in [1.29, 1.82) is 0 Å². The van der Waals surface area contributed by atoms with Crippen LogP contribution in [-0.2, 0) is 6.54 Å². The zero-order valence-electron chi connectivity index (χ0n) is 12.1. The molecule has 1 unspecified atom stereocenters. The highest BCUT2D eigenvalue weighted by Crippen LogP contribution is 2.26. The van der Waals surface area contributed by atoms with E-state index in [2.05, 4.69) is 58.0 Å². The van der Waals surface area contributed by atoms with Crippen LogP contribution in [0, 0.1) is 11.8 Å². The fourth-order valence-corrected chi connectivity index (χ4v) is 2.89. The molecule has 1 aromatic heterocycles. The first-order valence-electron chi connectivity index (χ1n) is 7.16. The minimum atomic E-state index is 0.676. The normalized spacial score (nSPS) is 19.4. The Morgan fingerprint density at radius 3 is 2.95 bits per heavy atom. The monoisotopic (exact) mass is 325 g/mol. The summed E-state index contributed by atoms with van der Waals surface area (Å²) in [5.74, 6) is 2.61. The van der Waals surface area contributed by atoms with Crippen LogP contribution < -0.4 is 10.2 Å². The molecule has 0 spiro atoms. The average molecular weight is 326 g/mol. The summed E-state index contributed by atoms with van der Waals surface area (Å²) in [6.07, 6.45) is 3.18. The van der Waals surface area contributed by atoms with Gasteiger partial charge < -0.3 is 10.2 Å². The fourth-order valence-electron chi connectivity index (χ4n) is 2.51. The molecule has 2 heterocycles. The second-order valence-corrected chi connectivity index (χ2v) is 6.92. The molecule has 4 heteroatoms. The van der Waals surface area contributed by atoms with Crippen LogP contribution in [0.15, 0.2) is 16.7 Å². The van der Waals surface area contributed by atoms with Gasteiger partial charge in [-0.25, -0.2) is 4.98 Å². The summed E-state index contributed by atoms with van der Waals surface area (Å²) in [5, 5.41) is 3.52. The molecule has 1 fully saturated rings. The van der Waals surface area contributed by atoms with Gasteiger partial charge in [0.25, 0.3) is 0 Å². The van der Waals surface area contributed by atoms with Gasteiger partial charge in [0.15, 0.2) is 0 Å². The number of hydrogen-bond acceptors (Lipinski definition) is 3. The molecule has 1 saturated heterocycles. The maximum Gasteiger partial charge on any atom is 0.133 e. The third-order valence-corrected chi connectivity index (χ3v) is 3.93. The minimum Gasteiger partial charge on any atom is -0.356 e. The molecular weight excluding hydrogens is 302 g/mol. The Balaban J connectivity index is 2.09. The molecule has 0 amide bonds. The predicted molar refractivity (Wildman–Crippen MR) is 84.5 cm³/mol. The van der Waals surface area contributed by atoms with E-state index in [1.54, 1.807) is 0 Å². The lowest BCUT2D eigenvalue weighted by atomic mass is 10.2. The van der Waals surface area contributed by atoms with Crippen LogP contribution >= 0.6 is 15.9 Å². The van der Waals surface area contributed by atoms with Crippen molar-refractivity contribution >= 4 is 21.7 Å². The molecule has 0 bridgehead atoms. The smallest absolute Gasteiger partial charge is 0.133 e. The van der Waals surface area contributed by atoms with Gasteiger partial charge in [0.05, 0.1) is 0 Å². The number of pyridine rings is 1. The first-order chi connectivity index (χ1) is 9.06. The van der Waals surface area contributed by atoms with E-state index in [0.717, 1.165) is 42.4 Å². The molecule has 0 aromatic carbocycles. The Hall–Kier alpha value is -0.610. The van der Waals surface area contributed by atoms with Crippen molar-refractivity contribution in [2.24, 2.45) is 11.8 Å². The summed E-state index contributed by atoms with van der Waals surface area (Å²) in [6.45, 7) is 11.0. The van der Waals surface area contributed by atoms with Gasteiger partial charge in [-0.15, -0.1) is 0 Å². The number of anilines is 1. The molecule has 0 aliphatic carbocycles. The summed E-state index contributed by atoms with van der Waals surface area (Å²) < 4.78 is 1.06. The standard InChI is InChI=1S/C15H24BrN3/c1-11(2)7-17-8-13-6-14(16)9-18-15(13)19-5-4-12(3)10-19/h6,9,11-12,17H,4-5,7-8,10H2,1-3H3. The Morgan fingerprint density at radius 1 is 1.53 bits per heavy atom. The van der Waals surface area contributed by atoms with E-state index >= 15 is 0 Å². The van der Waals surface area contributed by atoms with Crippen LogP contribution in [0.1, 0.15) is 32.8 Å². The lowest BCUT2D eigenvalue weighted by Gasteiger charge is -2.21. The van der Waals surface area contributed by atoms with Crippen molar-refractivity contribution < 1.29 is 0 Å². The van der Waals surface area contributed by atoms with Crippen LogP contribution in [0.3, 0.4) is 0 Å². The molecule has 2 rings (SSSR count). The molecule has 106 valence electrons. The Kier molecular flexibility index (Phi) is 5.22. The van der Waals surface area contributed by atoms with E-state index in [1.165, 1.54) is 12.0 Å². The maximum atomic E-state index is 4.63. The molecule has 1 aliphatic heterocycles. The molecule has 3 nitrogen and oxygen atoms in total. The lowest BCUT2D eigenvalue weighted by Crippen LogP contribution is -2.25. The predicted octanol–water partition coefficient (Wildman–Crippen LogP) is 3.44. The number of rotatable bonds is 5. The zero-order valence-corrected chi connectivity index (χ0v) is 13.7. The van der Waals surface area contributed by atoms with Gasteiger partial charge in [-0.3, -0.25) is 0 Å². The van der Waals surface area contributed by atoms with E-state index in [9.17, 15) is 0 Å². The van der Waals surface area contributed by atoms with E-state index < -0.39 is 0 Å². The first-order valence-corrected chi connectivity index (χ1v) is 7.95. The number of nitrogens with zero attached hydrogens (tertiary/aromatic N) is 2. The van der Waals surface area contributed by atoms with Crippen molar-refractivity contribution in [3.8, 4) is 0 Å². The third kappa shape index (κ3) is 4.18. The van der Waals surface area contributed by atoms with Crippen LogP contribution in [0.5, 0.6) is 0 Å². The third-order valence-electron chi connectivity index (χ3n) is 3.50. The summed E-state index contributed by atoms with van der Waals surface area (Å²) >= 11 is 3.53. The van der Waals surface area contributed by atoms with Crippen molar-refractivity contribution in [1.82, 2.24) is 10.3 Å². The molecule has 19 heavy (non-hydrogen) atoms. The minimum absolute atomic E-state index is 0.676.